The minimum absolute atomic E-state index is 0.0559. The van der Waals surface area contributed by atoms with E-state index in [-0.39, 0.29) is 12.1 Å². The van der Waals surface area contributed by atoms with E-state index in [0.29, 0.717) is 23.3 Å². The van der Waals surface area contributed by atoms with E-state index < -0.39 is 0 Å². The molecule has 1 aliphatic carbocycles. The smallest absolute Gasteiger partial charge is 0.338 e. The summed E-state index contributed by atoms with van der Waals surface area (Å²) in [6, 6.07) is 7.42. The van der Waals surface area contributed by atoms with Crippen LogP contribution in [-0.2, 0) is 4.74 Å². The Morgan fingerprint density at radius 1 is 1.29 bits per heavy atom. The van der Waals surface area contributed by atoms with Gasteiger partial charge in [-0.15, -0.1) is 0 Å². The van der Waals surface area contributed by atoms with Crippen LogP contribution in [0, 0.1) is 17.8 Å². The molecule has 1 aliphatic rings. The zero-order valence-corrected chi connectivity index (χ0v) is 13.3. The molecule has 3 atom stereocenters. The van der Waals surface area contributed by atoms with Crippen molar-refractivity contribution in [3.8, 4) is 0 Å². The lowest BCUT2D eigenvalue weighted by molar-refractivity contribution is -0.0174. The first-order chi connectivity index (χ1) is 10.0. The minimum Gasteiger partial charge on any atom is -0.458 e. The highest BCUT2D eigenvalue weighted by Crippen LogP contribution is 2.35. The second-order valence-electron chi connectivity index (χ2n) is 6.60. The van der Waals surface area contributed by atoms with Crippen molar-refractivity contribution in [1.29, 1.82) is 0 Å². The van der Waals surface area contributed by atoms with Crippen LogP contribution in [-0.4, -0.2) is 12.1 Å². The molecule has 2 nitrogen and oxygen atoms in total. The second-order valence-corrected chi connectivity index (χ2v) is 6.60. The monoisotopic (exact) mass is 286 g/mol. The molecule has 0 saturated heterocycles. The highest BCUT2D eigenvalue weighted by molar-refractivity contribution is 5.89. The van der Waals surface area contributed by atoms with Gasteiger partial charge in [-0.3, -0.25) is 0 Å². The summed E-state index contributed by atoms with van der Waals surface area (Å²) in [7, 11) is 0. The molecule has 0 radical (unpaired) electrons. The minimum atomic E-state index is -0.199. The third kappa shape index (κ3) is 3.96. The van der Waals surface area contributed by atoms with Crippen LogP contribution < -0.4 is 0 Å². The summed E-state index contributed by atoms with van der Waals surface area (Å²) in [5.41, 5.74) is 1.64. The van der Waals surface area contributed by atoms with Crippen molar-refractivity contribution in [2.24, 2.45) is 17.8 Å². The Morgan fingerprint density at radius 2 is 1.95 bits per heavy atom. The Hall–Kier alpha value is -1.57. The van der Waals surface area contributed by atoms with Gasteiger partial charge in [-0.1, -0.05) is 52.0 Å². The van der Waals surface area contributed by atoms with E-state index >= 15 is 0 Å². The van der Waals surface area contributed by atoms with Crippen LogP contribution in [0.25, 0.3) is 6.08 Å². The molecule has 0 spiro atoms. The van der Waals surface area contributed by atoms with Crippen LogP contribution in [0.3, 0.4) is 0 Å². The summed E-state index contributed by atoms with van der Waals surface area (Å²) in [5.74, 6) is 1.48. The van der Waals surface area contributed by atoms with E-state index in [1.165, 1.54) is 6.42 Å². The van der Waals surface area contributed by atoms with Crippen LogP contribution in [0.5, 0.6) is 0 Å². The lowest BCUT2D eigenvalue weighted by atomic mass is 9.75. The Balaban J connectivity index is 2.06. The fourth-order valence-corrected chi connectivity index (χ4v) is 3.21. The number of carbonyl (C=O) groups is 1. The normalized spacial score (nSPS) is 25.6. The fraction of sp³-hybridized carbons (Fsp3) is 0.526. The maximum atomic E-state index is 12.3. The third-order valence-electron chi connectivity index (χ3n) is 4.60. The zero-order valence-electron chi connectivity index (χ0n) is 13.3. The molecule has 21 heavy (non-hydrogen) atoms. The van der Waals surface area contributed by atoms with Crippen LogP contribution in [0.15, 0.2) is 30.8 Å². The van der Waals surface area contributed by atoms with Gasteiger partial charge in [0, 0.05) is 0 Å². The molecule has 0 heterocycles. The van der Waals surface area contributed by atoms with E-state index in [1.807, 2.05) is 24.3 Å². The van der Waals surface area contributed by atoms with Crippen LogP contribution in [0.4, 0.5) is 0 Å². The summed E-state index contributed by atoms with van der Waals surface area (Å²) < 4.78 is 5.83. The lowest BCUT2D eigenvalue weighted by Crippen LogP contribution is -2.35. The van der Waals surface area contributed by atoms with Gasteiger partial charge in [0.1, 0.15) is 6.10 Å². The van der Waals surface area contributed by atoms with Crippen LogP contribution >= 0.6 is 0 Å². The van der Waals surface area contributed by atoms with Crippen LogP contribution in [0.1, 0.15) is 56.0 Å². The number of rotatable bonds is 4. The van der Waals surface area contributed by atoms with E-state index in [1.54, 1.807) is 6.08 Å². The zero-order chi connectivity index (χ0) is 15.4. The molecule has 0 bridgehead atoms. The number of esters is 1. The first-order valence-electron chi connectivity index (χ1n) is 7.94. The molecule has 114 valence electrons. The van der Waals surface area contributed by atoms with Crippen molar-refractivity contribution in [2.75, 3.05) is 0 Å². The second kappa shape index (κ2) is 6.93. The van der Waals surface area contributed by atoms with E-state index in [4.69, 9.17) is 4.74 Å². The van der Waals surface area contributed by atoms with Gasteiger partial charge in [-0.05, 0) is 48.3 Å². The molecule has 0 unspecified atom stereocenters. The predicted molar refractivity (Wildman–Crippen MR) is 87.1 cm³/mol. The molecule has 0 N–H and O–H groups in total. The van der Waals surface area contributed by atoms with Crippen LogP contribution in [0.2, 0.25) is 0 Å². The lowest BCUT2D eigenvalue weighted by Gasteiger charge is -2.36. The van der Waals surface area contributed by atoms with Gasteiger partial charge >= 0.3 is 5.97 Å². The first kappa shape index (κ1) is 15.8. The maximum absolute atomic E-state index is 12.3. The van der Waals surface area contributed by atoms with Gasteiger partial charge in [0.15, 0.2) is 0 Å². The Bertz CT molecular complexity index is 487. The molecule has 0 aliphatic heterocycles. The van der Waals surface area contributed by atoms with Gasteiger partial charge in [-0.2, -0.15) is 0 Å². The van der Waals surface area contributed by atoms with Crippen molar-refractivity contribution in [3.05, 3.63) is 42.0 Å². The topological polar surface area (TPSA) is 26.3 Å². The van der Waals surface area contributed by atoms with Crippen molar-refractivity contribution >= 4 is 12.0 Å². The highest BCUT2D eigenvalue weighted by Gasteiger charge is 2.33. The average Bonchev–Trinajstić information content (AvgIpc) is 2.47. The summed E-state index contributed by atoms with van der Waals surface area (Å²) in [6.45, 7) is 10.4. The standard InChI is InChI=1S/C19H26O2/c1-5-15-7-9-16(10-8-15)19(20)21-18-12-14(4)6-11-17(18)13(2)3/h5,7-10,13-14,17-18H,1,6,11-12H2,2-4H3/t14-,17+,18-/m0/s1. The van der Waals surface area contributed by atoms with Crippen molar-refractivity contribution in [1.82, 2.24) is 0 Å². The quantitative estimate of drug-likeness (QED) is 0.732. The predicted octanol–water partition coefficient (Wildman–Crippen LogP) is 4.95. The fourth-order valence-electron chi connectivity index (χ4n) is 3.21. The number of ether oxygens (including phenoxy) is 1. The summed E-state index contributed by atoms with van der Waals surface area (Å²) in [4.78, 5) is 12.3. The van der Waals surface area contributed by atoms with Gasteiger partial charge in [0.25, 0.3) is 0 Å². The molecule has 2 heteroatoms. The summed E-state index contributed by atoms with van der Waals surface area (Å²) in [5, 5.41) is 0. The third-order valence-corrected chi connectivity index (χ3v) is 4.60. The number of carbonyl (C=O) groups excluding carboxylic acids is 1. The SMILES string of the molecule is C=Cc1ccc(C(=O)O[C@H]2C[C@@H](C)CC[C@@H]2C(C)C)cc1. The van der Waals surface area contributed by atoms with E-state index in [9.17, 15) is 4.79 Å². The molecule has 1 saturated carbocycles. The van der Waals surface area contributed by atoms with Gasteiger partial charge in [-0.25, -0.2) is 4.79 Å². The molecule has 2 rings (SSSR count). The average molecular weight is 286 g/mol. The number of hydrogen-bond donors (Lipinski definition) is 0. The number of hydrogen-bond acceptors (Lipinski definition) is 2. The molecule has 0 amide bonds. The van der Waals surface area contributed by atoms with E-state index in [2.05, 4.69) is 27.4 Å². The van der Waals surface area contributed by atoms with Gasteiger partial charge < -0.3 is 4.74 Å². The van der Waals surface area contributed by atoms with Crippen molar-refractivity contribution < 1.29 is 9.53 Å². The van der Waals surface area contributed by atoms with Gasteiger partial charge in [0.05, 0.1) is 5.56 Å². The summed E-state index contributed by atoms with van der Waals surface area (Å²) >= 11 is 0. The molecule has 0 aromatic heterocycles. The van der Waals surface area contributed by atoms with E-state index in [0.717, 1.165) is 18.4 Å². The Kier molecular flexibility index (Phi) is 5.22. The summed E-state index contributed by atoms with van der Waals surface area (Å²) in [6.07, 6.45) is 5.21. The maximum Gasteiger partial charge on any atom is 0.338 e. The Labute approximate surface area is 128 Å². The molecule has 1 fully saturated rings. The van der Waals surface area contributed by atoms with Crippen molar-refractivity contribution in [2.45, 2.75) is 46.1 Å². The highest BCUT2D eigenvalue weighted by atomic mass is 16.5. The number of benzene rings is 1. The molecular weight excluding hydrogens is 260 g/mol. The van der Waals surface area contributed by atoms with Gasteiger partial charge in [0.2, 0.25) is 0 Å². The molecule has 1 aromatic carbocycles. The Morgan fingerprint density at radius 3 is 2.52 bits per heavy atom. The first-order valence-corrected chi connectivity index (χ1v) is 7.94. The molecule has 1 aromatic rings. The van der Waals surface area contributed by atoms with Crippen molar-refractivity contribution in [3.63, 3.8) is 0 Å². The molecular formula is C19H26O2. The largest absolute Gasteiger partial charge is 0.458 e.